The fourth-order valence-corrected chi connectivity index (χ4v) is 3.70. The minimum atomic E-state index is -3.02. The lowest BCUT2D eigenvalue weighted by Crippen LogP contribution is -2.49. The van der Waals surface area contributed by atoms with Crippen LogP contribution in [0.3, 0.4) is 0 Å². The maximum absolute atomic E-state index is 12.3. The summed E-state index contributed by atoms with van der Waals surface area (Å²) in [5, 5.41) is 0. The molecule has 0 bridgehead atoms. The second-order valence-electron chi connectivity index (χ2n) is 4.55. The van der Waals surface area contributed by atoms with Crippen LogP contribution in [0.5, 0.6) is 0 Å². The van der Waals surface area contributed by atoms with Gasteiger partial charge in [0, 0.05) is 18.3 Å². The van der Waals surface area contributed by atoms with Gasteiger partial charge in [-0.25, -0.2) is 8.42 Å². The molecule has 98 valence electrons. The third kappa shape index (κ3) is 2.48. The van der Waals surface area contributed by atoms with Crippen molar-refractivity contribution in [3.8, 4) is 0 Å². The van der Waals surface area contributed by atoms with Crippen molar-refractivity contribution in [2.24, 2.45) is 0 Å². The van der Waals surface area contributed by atoms with Crippen LogP contribution in [0.2, 0.25) is 0 Å². The van der Waals surface area contributed by atoms with E-state index in [4.69, 9.17) is 5.73 Å². The van der Waals surface area contributed by atoms with Gasteiger partial charge in [0.2, 0.25) is 0 Å². The summed E-state index contributed by atoms with van der Waals surface area (Å²) in [6.07, 6.45) is 0. The maximum Gasteiger partial charge on any atom is 0.256 e. The summed E-state index contributed by atoms with van der Waals surface area (Å²) in [5.74, 6) is -0.156. The smallest absolute Gasteiger partial charge is 0.256 e. The molecule has 1 aliphatic rings. The molecule has 2 rings (SSSR count). The number of hydrogen-bond donors (Lipinski definition) is 1. The number of nitrogens with zero attached hydrogens (tertiary/aromatic N) is 1. The van der Waals surface area contributed by atoms with Gasteiger partial charge < -0.3 is 10.6 Å². The molecule has 1 atom stereocenters. The van der Waals surface area contributed by atoms with Crippen molar-refractivity contribution in [2.75, 3.05) is 23.8 Å². The molecule has 1 aliphatic heterocycles. The molecular formula is C12H16N2O3S. The Kier molecular flexibility index (Phi) is 3.30. The van der Waals surface area contributed by atoms with E-state index in [0.29, 0.717) is 11.3 Å². The van der Waals surface area contributed by atoms with Crippen LogP contribution in [-0.4, -0.2) is 43.3 Å². The number of sulfone groups is 1. The highest BCUT2D eigenvalue weighted by Crippen LogP contribution is 2.18. The van der Waals surface area contributed by atoms with Crippen molar-refractivity contribution >= 4 is 21.4 Å². The summed E-state index contributed by atoms with van der Waals surface area (Å²) in [7, 11) is -3.02. The molecule has 18 heavy (non-hydrogen) atoms. The highest BCUT2D eigenvalue weighted by atomic mass is 32.2. The van der Waals surface area contributed by atoms with Crippen molar-refractivity contribution in [3.05, 3.63) is 29.8 Å². The first-order chi connectivity index (χ1) is 8.41. The number of anilines is 1. The van der Waals surface area contributed by atoms with Gasteiger partial charge in [-0.1, -0.05) is 12.1 Å². The Balaban J connectivity index is 2.23. The van der Waals surface area contributed by atoms with E-state index in [9.17, 15) is 13.2 Å². The van der Waals surface area contributed by atoms with E-state index in [2.05, 4.69) is 0 Å². The fourth-order valence-electron chi connectivity index (χ4n) is 2.15. The van der Waals surface area contributed by atoms with Gasteiger partial charge in [-0.05, 0) is 19.1 Å². The van der Waals surface area contributed by atoms with Crippen molar-refractivity contribution in [2.45, 2.75) is 13.0 Å². The first kappa shape index (κ1) is 12.9. The quantitative estimate of drug-likeness (QED) is 0.753. The summed E-state index contributed by atoms with van der Waals surface area (Å²) in [6.45, 7) is 1.98. The number of amides is 1. The summed E-state index contributed by atoms with van der Waals surface area (Å²) < 4.78 is 22.9. The van der Waals surface area contributed by atoms with Crippen LogP contribution in [0, 0.1) is 0 Å². The van der Waals surface area contributed by atoms with E-state index in [1.54, 1.807) is 36.1 Å². The summed E-state index contributed by atoms with van der Waals surface area (Å²) in [4.78, 5) is 13.9. The molecule has 1 aromatic carbocycles. The second kappa shape index (κ2) is 4.61. The van der Waals surface area contributed by atoms with Crippen molar-refractivity contribution in [1.82, 2.24) is 4.90 Å². The monoisotopic (exact) mass is 268 g/mol. The molecule has 0 spiro atoms. The zero-order valence-electron chi connectivity index (χ0n) is 10.2. The Bertz CT molecular complexity index is 568. The largest absolute Gasteiger partial charge is 0.398 e. The highest BCUT2D eigenvalue weighted by Gasteiger charge is 2.32. The molecule has 0 saturated carbocycles. The van der Waals surface area contributed by atoms with E-state index in [0.717, 1.165) is 0 Å². The van der Waals surface area contributed by atoms with Crippen molar-refractivity contribution in [1.29, 1.82) is 0 Å². The number of para-hydroxylation sites is 1. The lowest BCUT2D eigenvalue weighted by molar-refractivity contribution is 0.0713. The topological polar surface area (TPSA) is 80.5 Å². The molecule has 1 aromatic rings. The number of hydrogen-bond acceptors (Lipinski definition) is 4. The summed E-state index contributed by atoms with van der Waals surface area (Å²) in [6, 6.07) is 6.52. The minimum Gasteiger partial charge on any atom is -0.398 e. The highest BCUT2D eigenvalue weighted by molar-refractivity contribution is 7.91. The lowest BCUT2D eigenvalue weighted by atomic mass is 10.1. The van der Waals surface area contributed by atoms with E-state index in [-0.39, 0.29) is 30.0 Å². The minimum absolute atomic E-state index is 0.0193. The molecule has 1 saturated heterocycles. The van der Waals surface area contributed by atoms with Gasteiger partial charge in [0.1, 0.15) is 0 Å². The first-order valence-electron chi connectivity index (χ1n) is 5.76. The molecule has 6 heteroatoms. The Morgan fingerprint density at radius 2 is 2.06 bits per heavy atom. The third-order valence-corrected chi connectivity index (χ3v) is 4.92. The van der Waals surface area contributed by atoms with Gasteiger partial charge in [-0.15, -0.1) is 0 Å². The van der Waals surface area contributed by atoms with Gasteiger partial charge >= 0.3 is 0 Å². The number of carbonyl (C=O) groups excluding carboxylic acids is 1. The zero-order chi connectivity index (χ0) is 13.3. The predicted molar refractivity (Wildman–Crippen MR) is 70.0 cm³/mol. The van der Waals surface area contributed by atoms with Crippen LogP contribution >= 0.6 is 0 Å². The Labute approximate surface area is 107 Å². The molecule has 5 nitrogen and oxygen atoms in total. The first-order valence-corrected chi connectivity index (χ1v) is 7.59. The van der Waals surface area contributed by atoms with Gasteiger partial charge in [-0.3, -0.25) is 4.79 Å². The van der Waals surface area contributed by atoms with Crippen LogP contribution in [0.25, 0.3) is 0 Å². The molecule has 0 aromatic heterocycles. The van der Waals surface area contributed by atoms with Crippen LogP contribution in [-0.2, 0) is 9.84 Å². The second-order valence-corrected chi connectivity index (χ2v) is 6.78. The maximum atomic E-state index is 12.3. The van der Waals surface area contributed by atoms with Crippen LogP contribution in [0.4, 0.5) is 5.69 Å². The van der Waals surface area contributed by atoms with E-state index < -0.39 is 9.84 Å². The van der Waals surface area contributed by atoms with Gasteiger partial charge in [0.15, 0.2) is 9.84 Å². The van der Waals surface area contributed by atoms with Crippen LogP contribution in [0.15, 0.2) is 24.3 Å². The number of carbonyl (C=O) groups is 1. The SMILES string of the molecule is CC1CS(=O)(=O)CCN1C(=O)c1ccccc1N. The normalized spacial score (nSPS) is 22.7. The molecule has 1 unspecified atom stereocenters. The fraction of sp³-hybridized carbons (Fsp3) is 0.417. The number of benzene rings is 1. The number of rotatable bonds is 1. The van der Waals surface area contributed by atoms with Crippen molar-refractivity contribution in [3.63, 3.8) is 0 Å². The van der Waals surface area contributed by atoms with Crippen molar-refractivity contribution < 1.29 is 13.2 Å². The number of nitrogens with two attached hydrogens (primary N) is 1. The number of nitrogen functional groups attached to an aromatic ring is 1. The molecule has 2 N–H and O–H groups in total. The zero-order valence-corrected chi connectivity index (χ0v) is 11.0. The standard InChI is InChI=1S/C12H16N2O3S/c1-9-8-18(16,17)7-6-14(9)12(15)10-4-2-3-5-11(10)13/h2-5,9H,6-8,13H2,1H3. The summed E-state index contributed by atoms with van der Waals surface area (Å²) in [5.41, 5.74) is 6.61. The Morgan fingerprint density at radius 3 is 2.67 bits per heavy atom. The van der Waals surface area contributed by atoms with E-state index in [1.165, 1.54) is 0 Å². The average molecular weight is 268 g/mol. The summed E-state index contributed by atoms with van der Waals surface area (Å²) >= 11 is 0. The average Bonchev–Trinajstić information content (AvgIpc) is 2.27. The molecule has 0 radical (unpaired) electrons. The predicted octanol–water partition coefficient (Wildman–Crippen LogP) is 0.528. The Morgan fingerprint density at radius 1 is 1.39 bits per heavy atom. The van der Waals surface area contributed by atoms with Crippen LogP contribution in [0.1, 0.15) is 17.3 Å². The van der Waals surface area contributed by atoms with Gasteiger partial charge in [0.05, 0.1) is 17.1 Å². The molecule has 1 fully saturated rings. The molecular weight excluding hydrogens is 252 g/mol. The van der Waals surface area contributed by atoms with E-state index in [1.807, 2.05) is 0 Å². The molecule has 1 amide bonds. The third-order valence-electron chi connectivity index (χ3n) is 3.12. The van der Waals surface area contributed by atoms with Gasteiger partial charge in [0.25, 0.3) is 5.91 Å². The van der Waals surface area contributed by atoms with E-state index >= 15 is 0 Å². The van der Waals surface area contributed by atoms with Gasteiger partial charge in [-0.2, -0.15) is 0 Å². The lowest BCUT2D eigenvalue weighted by Gasteiger charge is -2.33. The molecule has 1 heterocycles. The van der Waals surface area contributed by atoms with Crippen LogP contribution < -0.4 is 5.73 Å². The Hall–Kier alpha value is -1.56. The molecule has 0 aliphatic carbocycles.